The van der Waals surface area contributed by atoms with Crippen molar-refractivity contribution < 1.29 is 4.79 Å². The van der Waals surface area contributed by atoms with Crippen LogP contribution >= 0.6 is 0 Å². The number of hydrogen-bond donors (Lipinski definition) is 3. The molecule has 5 heteroatoms. The monoisotopic (exact) mass is 218 g/mol. The summed E-state index contributed by atoms with van der Waals surface area (Å²) in [4.78, 5) is 15.4. The molecule has 1 aromatic rings. The first-order chi connectivity index (χ1) is 7.76. The Morgan fingerprint density at radius 2 is 2.38 bits per heavy atom. The van der Waals surface area contributed by atoms with Gasteiger partial charge in [0.15, 0.2) is 0 Å². The van der Waals surface area contributed by atoms with Crippen LogP contribution in [0.5, 0.6) is 0 Å². The number of urea groups is 1. The Hall–Kier alpha value is -2.06. The van der Waals surface area contributed by atoms with Crippen LogP contribution in [-0.2, 0) is 0 Å². The van der Waals surface area contributed by atoms with E-state index in [1.54, 1.807) is 18.2 Å². The maximum absolute atomic E-state index is 11.2. The molecular weight excluding hydrogens is 204 g/mol. The summed E-state index contributed by atoms with van der Waals surface area (Å²) in [7, 11) is 0. The smallest absolute Gasteiger partial charge is 0.320 e. The predicted molar refractivity (Wildman–Crippen MR) is 62.9 cm³/mol. The number of rotatable bonds is 2. The van der Waals surface area contributed by atoms with Gasteiger partial charge in [0.2, 0.25) is 0 Å². The van der Waals surface area contributed by atoms with Gasteiger partial charge in [0.1, 0.15) is 11.5 Å². The van der Waals surface area contributed by atoms with Crippen LogP contribution in [0.2, 0.25) is 0 Å². The van der Waals surface area contributed by atoms with Crippen molar-refractivity contribution in [2.45, 2.75) is 6.92 Å². The van der Waals surface area contributed by atoms with Crippen molar-refractivity contribution in [1.82, 2.24) is 10.3 Å². The summed E-state index contributed by atoms with van der Waals surface area (Å²) in [6.45, 7) is 2.70. The molecule has 1 rings (SSSR count). The van der Waals surface area contributed by atoms with Crippen LogP contribution < -0.4 is 16.4 Å². The fourth-order valence-corrected chi connectivity index (χ4v) is 1.04. The largest absolute Gasteiger partial charge is 0.338 e. The number of carbonyl (C=O) groups is 1. The summed E-state index contributed by atoms with van der Waals surface area (Å²) in [5.74, 6) is 5.96. The predicted octanol–water partition coefficient (Wildman–Crippen LogP) is 0.533. The van der Waals surface area contributed by atoms with Gasteiger partial charge in [0, 0.05) is 6.54 Å². The van der Waals surface area contributed by atoms with Crippen LogP contribution in [-0.4, -0.2) is 24.1 Å². The van der Waals surface area contributed by atoms with E-state index in [0.717, 1.165) is 0 Å². The molecule has 1 aromatic heterocycles. The van der Waals surface area contributed by atoms with Gasteiger partial charge in [-0.1, -0.05) is 12.0 Å². The second kappa shape index (κ2) is 6.43. The summed E-state index contributed by atoms with van der Waals surface area (Å²) in [5.41, 5.74) is 5.84. The van der Waals surface area contributed by atoms with Crippen LogP contribution in [0, 0.1) is 11.8 Å². The summed E-state index contributed by atoms with van der Waals surface area (Å²) < 4.78 is 0. The van der Waals surface area contributed by atoms with Gasteiger partial charge < -0.3 is 11.1 Å². The van der Waals surface area contributed by atoms with E-state index in [4.69, 9.17) is 5.73 Å². The highest BCUT2D eigenvalue weighted by molar-refractivity contribution is 5.88. The van der Waals surface area contributed by atoms with E-state index in [0.29, 0.717) is 18.1 Å². The number of aromatic nitrogens is 1. The zero-order chi connectivity index (χ0) is 11.8. The summed E-state index contributed by atoms with van der Waals surface area (Å²) in [6, 6.07) is 4.95. The third kappa shape index (κ3) is 3.98. The van der Waals surface area contributed by atoms with Crippen molar-refractivity contribution >= 4 is 11.8 Å². The lowest BCUT2D eigenvalue weighted by molar-refractivity contribution is 0.252. The molecule has 1 heterocycles. The van der Waals surface area contributed by atoms with Crippen LogP contribution in [0.25, 0.3) is 0 Å². The van der Waals surface area contributed by atoms with Crippen LogP contribution in [0.1, 0.15) is 12.6 Å². The quantitative estimate of drug-likeness (QED) is 0.633. The Balaban J connectivity index is 2.71. The highest BCUT2D eigenvalue weighted by atomic mass is 16.2. The number of nitrogens with one attached hydrogen (secondary N) is 2. The molecule has 0 aliphatic heterocycles. The SMILES string of the molecule is CCNC(=O)Nc1cccc(C#CCN)n1. The Morgan fingerprint density at radius 1 is 1.56 bits per heavy atom. The normalized spacial score (nSPS) is 8.88. The first kappa shape index (κ1) is 12.0. The molecule has 0 saturated carbocycles. The van der Waals surface area contributed by atoms with E-state index >= 15 is 0 Å². The Kier molecular flexibility index (Phi) is 4.83. The maximum Gasteiger partial charge on any atom is 0.320 e. The fraction of sp³-hybridized carbons (Fsp3) is 0.273. The fourth-order valence-electron chi connectivity index (χ4n) is 1.04. The minimum absolute atomic E-state index is 0.279. The molecule has 0 bridgehead atoms. The van der Waals surface area contributed by atoms with E-state index in [1.807, 2.05) is 6.92 Å². The van der Waals surface area contributed by atoms with E-state index in [2.05, 4.69) is 27.5 Å². The molecule has 0 spiro atoms. The first-order valence-corrected chi connectivity index (χ1v) is 4.97. The summed E-state index contributed by atoms with van der Waals surface area (Å²) in [6.07, 6.45) is 0. The molecule has 0 unspecified atom stereocenters. The maximum atomic E-state index is 11.2. The number of nitrogens with two attached hydrogens (primary N) is 1. The van der Waals surface area contributed by atoms with Crippen molar-refractivity contribution in [3.63, 3.8) is 0 Å². The van der Waals surface area contributed by atoms with Crippen molar-refractivity contribution in [3.8, 4) is 11.8 Å². The average molecular weight is 218 g/mol. The molecule has 84 valence electrons. The second-order valence-corrected chi connectivity index (χ2v) is 2.90. The second-order valence-electron chi connectivity index (χ2n) is 2.90. The molecular formula is C11H14N4O. The molecule has 2 amide bonds. The lowest BCUT2D eigenvalue weighted by atomic mass is 10.3. The van der Waals surface area contributed by atoms with Crippen molar-refractivity contribution in [3.05, 3.63) is 23.9 Å². The van der Waals surface area contributed by atoms with Crippen LogP contribution in [0.15, 0.2) is 18.2 Å². The Bertz CT molecular complexity index is 419. The molecule has 0 aromatic carbocycles. The average Bonchev–Trinajstić information content (AvgIpc) is 2.27. The third-order valence-corrected chi connectivity index (χ3v) is 1.65. The standard InChI is InChI=1S/C11H14N4O/c1-2-13-11(16)15-10-7-3-5-9(14-10)6-4-8-12/h3,5,7H,2,8,12H2,1H3,(H2,13,14,15,16). The summed E-state index contributed by atoms with van der Waals surface area (Å²) in [5, 5.41) is 5.21. The van der Waals surface area contributed by atoms with Gasteiger partial charge in [0.25, 0.3) is 0 Å². The molecule has 5 nitrogen and oxygen atoms in total. The van der Waals surface area contributed by atoms with Crippen molar-refractivity contribution in [2.75, 3.05) is 18.4 Å². The van der Waals surface area contributed by atoms with E-state index in [1.165, 1.54) is 0 Å². The minimum atomic E-state index is -0.279. The number of nitrogens with zero attached hydrogens (tertiary/aromatic N) is 1. The zero-order valence-electron chi connectivity index (χ0n) is 9.08. The molecule has 4 N–H and O–H groups in total. The lowest BCUT2D eigenvalue weighted by Gasteiger charge is -2.04. The number of pyridine rings is 1. The topological polar surface area (TPSA) is 80.0 Å². The van der Waals surface area contributed by atoms with Crippen molar-refractivity contribution in [2.24, 2.45) is 5.73 Å². The molecule has 16 heavy (non-hydrogen) atoms. The number of anilines is 1. The van der Waals surface area contributed by atoms with Crippen molar-refractivity contribution in [1.29, 1.82) is 0 Å². The van der Waals surface area contributed by atoms with E-state index < -0.39 is 0 Å². The van der Waals surface area contributed by atoms with Crippen LogP contribution in [0.3, 0.4) is 0 Å². The Labute approximate surface area is 94.4 Å². The molecule has 0 radical (unpaired) electrons. The number of hydrogen-bond acceptors (Lipinski definition) is 3. The molecule has 0 atom stereocenters. The van der Waals surface area contributed by atoms with Gasteiger partial charge in [-0.05, 0) is 25.0 Å². The van der Waals surface area contributed by atoms with E-state index in [-0.39, 0.29) is 12.6 Å². The third-order valence-electron chi connectivity index (χ3n) is 1.65. The highest BCUT2D eigenvalue weighted by Gasteiger charge is 2.00. The summed E-state index contributed by atoms with van der Waals surface area (Å²) >= 11 is 0. The Morgan fingerprint density at radius 3 is 3.06 bits per heavy atom. The number of carbonyl (C=O) groups excluding carboxylic acids is 1. The van der Waals surface area contributed by atoms with Gasteiger partial charge in [-0.15, -0.1) is 0 Å². The van der Waals surface area contributed by atoms with Gasteiger partial charge in [0.05, 0.1) is 6.54 Å². The molecule has 0 saturated heterocycles. The zero-order valence-corrected chi connectivity index (χ0v) is 9.08. The molecule has 0 aliphatic carbocycles. The molecule has 0 fully saturated rings. The van der Waals surface area contributed by atoms with Gasteiger partial charge in [-0.25, -0.2) is 9.78 Å². The van der Waals surface area contributed by atoms with E-state index in [9.17, 15) is 4.79 Å². The number of amides is 2. The van der Waals surface area contributed by atoms with Gasteiger partial charge >= 0.3 is 6.03 Å². The minimum Gasteiger partial charge on any atom is -0.338 e. The molecule has 0 aliphatic rings. The van der Waals surface area contributed by atoms with Gasteiger partial charge in [-0.3, -0.25) is 5.32 Å². The highest BCUT2D eigenvalue weighted by Crippen LogP contribution is 2.03. The lowest BCUT2D eigenvalue weighted by Crippen LogP contribution is -2.28. The van der Waals surface area contributed by atoms with Gasteiger partial charge in [-0.2, -0.15) is 0 Å². The van der Waals surface area contributed by atoms with Crippen LogP contribution in [0.4, 0.5) is 10.6 Å². The first-order valence-electron chi connectivity index (χ1n) is 4.97.